The van der Waals surface area contributed by atoms with E-state index in [1.54, 1.807) is 0 Å². The number of aromatic nitrogens is 3. The van der Waals surface area contributed by atoms with Crippen LogP contribution in [0.1, 0.15) is 42.5 Å². The van der Waals surface area contributed by atoms with Crippen LogP contribution in [-0.2, 0) is 6.42 Å². The lowest BCUT2D eigenvalue weighted by molar-refractivity contribution is 0.299. The second kappa shape index (κ2) is 6.13. The summed E-state index contributed by atoms with van der Waals surface area (Å²) in [6.07, 6.45) is 0.685. The fourth-order valence-electron chi connectivity index (χ4n) is 3.00. The second-order valence-corrected chi connectivity index (χ2v) is 6.32. The van der Waals surface area contributed by atoms with Gasteiger partial charge in [0.1, 0.15) is 11.3 Å². The van der Waals surface area contributed by atoms with Gasteiger partial charge in [-0.25, -0.2) is 4.98 Å². The molecule has 120 valence electrons. The first-order valence-electron chi connectivity index (χ1n) is 8.08. The van der Waals surface area contributed by atoms with E-state index < -0.39 is 0 Å². The van der Waals surface area contributed by atoms with Crippen molar-refractivity contribution in [2.75, 3.05) is 6.61 Å². The summed E-state index contributed by atoms with van der Waals surface area (Å²) in [5.41, 5.74) is 6.29. The van der Waals surface area contributed by atoms with Crippen LogP contribution in [0.4, 0.5) is 0 Å². The number of aryl methyl sites for hydroxylation is 2. The predicted octanol–water partition coefficient (Wildman–Crippen LogP) is 3.70. The predicted molar refractivity (Wildman–Crippen MR) is 93.2 cm³/mol. The number of fused-ring (bicyclic) bond motifs is 1. The summed E-state index contributed by atoms with van der Waals surface area (Å²) in [5, 5.41) is 9.07. The van der Waals surface area contributed by atoms with Gasteiger partial charge in [-0.3, -0.25) is 9.55 Å². The van der Waals surface area contributed by atoms with Gasteiger partial charge < -0.3 is 5.11 Å². The lowest BCUT2D eigenvalue weighted by atomic mass is 10.1. The molecule has 1 N–H and O–H groups in total. The third kappa shape index (κ3) is 2.86. The largest absolute Gasteiger partial charge is 0.396 e. The molecule has 0 bridgehead atoms. The highest BCUT2D eigenvalue weighted by Crippen LogP contribution is 2.28. The van der Waals surface area contributed by atoms with Crippen LogP contribution in [-0.4, -0.2) is 26.2 Å². The molecule has 0 amide bonds. The van der Waals surface area contributed by atoms with Crippen molar-refractivity contribution in [1.82, 2.24) is 14.5 Å². The zero-order valence-electron chi connectivity index (χ0n) is 14.2. The minimum Gasteiger partial charge on any atom is -0.396 e. The van der Waals surface area contributed by atoms with Crippen molar-refractivity contribution in [3.8, 4) is 5.69 Å². The van der Waals surface area contributed by atoms with Crippen LogP contribution < -0.4 is 0 Å². The summed E-state index contributed by atoms with van der Waals surface area (Å²) in [4.78, 5) is 9.39. The Morgan fingerprint density at radius 3 is 2.39 bits per heavy atom. The number of nitrogens with zero attached hydrogens (tertiary/aromatic N) is 3. The first-order valence-corrected chi connectivity index (χ1v) is 8.08. The highest BCUT2D eigenvalue weighted by Gasteiger charge is 2.17. The van der Waals surface area contributed by atoms with Gasteiger partial charge in [-0.1, -0.05) is 26.0 Å². The molecule has 3 rings (SSSR count). The maximum absolute atomic E-state index is 9.07. The number of pyridine rings is 1. The lowest BCUT2D eigenvalue weighted by Crippen LogP contribution is -2.03. The van der Waals surface area contributed by atoms with Crippen LogP contribution in [0, 0.1) is 13.8 Å². The number of aliphatic hydroxyl groups excluding tert-OH is 1. The van der Waals surface area contributed by atoms with Gasteiger partial charge >= 0.3 is 0 Å². The van der Waals surface area contributed by atoms with Crippen molar-refractivity contribution < 1.29 is 5.11 Å². The number of rotatable bonds is 4. The lowest BCUT2D eigenvalue weighted by Gasteiger charge is -2.12. The van der Waals surface area contributed by atoms with Gasteiger partial charge in [0.25, 0.3) is 0 Å². The molecule has 2 aromatic heterocycles. The zero-order chi connectivity index (χ0) is 16.6. The van der Waals surface area contributed by atoms with Crippen molar-refractivity contribution >= 4 is 11.0 Å². The summed E-state index contributed by atoms with van der Waals surface area (Å²) in [6, 6.07) is 10.4. The number of hydrogen-bond donors (Lipinski definition) is 1. The highest BCUT2D eigenvalue weighted by molar-refractivity contribution is 5.80. The molecule has 0 saturated heterocycles. The van der Waals surface area contributed by atoms with Crippen molar-refractivity contribution in [2.45, 2.75) is 40.0 Å². The quantitative estimate of drug-likeness (QED) is 0.799. The highest BCUT2D eigenvalue weighted by atomic mass is 16.2. The second-order valence-electron chi connectivity index (χ2n) is 6.32. The van der Waals surface area contributed by atoms with E-state index in [0.717, 1.165) is 39.5 Å². The van der Waals surface area contributed by atoms with E-state index in [-0.39, 0.29) is 6.61 Å². The van der Waals surface area contributed by atoms with Gasteiger partial charge in [0.2, 0.25) is 0 Å². The Morgan fingerprint density at radius 1 is 1.09 bits per heavy atom. The Morgan fingerprint density at radius 2 is 1.78 bits per heavy atom. The third-order valence-corrected chi connectivity index (χ3v) is 4.08. The van der Waals surface area contributed by atoms with E-state index in [4.69, 9.17) is 10.1 Å². The first-order chi connectivity index (χ1) is 11.0. The number of benzene rings is 1. The van der Waals surface area contributed by atoms with Gasteiger partial charge in [0.05, 0.1) is 11.2 Å². The standard InChI is InChI=1S/C19H23N3O/c1-12(2)19-21-18-14(4)20-13(3)11-17(18)22(19)16-7-5-15(6-8-16)9-10-23/h5-8,11-12,23H,9-10H2,1-4H3. The molecule has 4 heteroatoms. The maximum Gasteiger partial charge on any atom is 0.117 e. The SMILES string of the molecule is Cc1cc2c(nc(C(C)C)n2-c2ccc(CCO)cc2)c(C)n1. The molecular weight excluding hydrogens is 286 g/mol. The Bertz CT molecular complexity index is 832. The molecule has 0 aliphatic heterocycles. The molecule has 3 aromatic rings. The van der Waals surface area contributed by atoms with Gasteiger partial charge in [-0.05, 0) is 44.0 Å². The minimum atomic E-state index is 0.175. The van der Waals surface area contributed by atoms with Crippen LogP contribution >= 0.6 is 0 Å². The maximum atomic E-state index is 9.07. The van der Waals surface area contributed by atoms with Crippen LogP contribution in [0.2, 0.25) is 0 Å². The molecule has 4 nitrogen and oxygen atoms in total. The zero-order valence-corrected chi connectivity index (χ0v) is 14.2. The smallest absolute Gasteiger partial charge is 0.117 e. The Hall–Kier alpha value is -2.20. The number of aliphatic hydroxyl groups is 1. The van der Waals surface area contributed by atoms with Crippen LogP contribution in [0.3, 0.4) is 0 Å². The normalized spacial score (nSPS) is 11.6. The first kappa shape index (κ1) is 15.7. The Balaban J connectivity index is 2.23. The molecule has 23 heavy (non-hydrogen) atoms. The van der Waals surface area contributed by atoms with Crippen LogP contribution in [0.15, 0.2) is 30.3 Å². The van der Waals surface area contributed by atoms with E-state index in [0.29, 0.717) is 12.3 Å². The molecule has 0 spiro atoms. The average molecular weight is 309 g/mol. The number of imidazole rings is 1. The van der Waals surface area contributed by atoms with Crippen molar-refractivity contribution in [1.29, 1.82) is 0 Å². The van der Waals surface area contributed by atoms with Crippen molar-refractivity contribution in [2.24, 2.45) is 0 Å². The molecular formula is C19H23N3O. The summed E-state index contributed by atoms with van der Waals surface area (Å²) < 4.78 is 2.23. The number of hydrogen-bond acceptors (Lipinski definition) is 3. The molecule has 2 heterocycles. The topological polar surface area (TPSA) is 50.9 Å². The van der Waals surface area contributed by atoms with Crippen LogP contribution in [0.5, 0.6) is 0 Å². The van der Waals surface area contributed by atoms with E-state index in [1.165, 1.54) is 0 Å². The Kier molecular flexibility index (Phi) is 4.18. The van der Waals surface area contributed by atoms with E-state index >= 15 is 0 Å². The van der Waals surface area contributed by atoms with Gasteiger partial charge in [-0.15, -0.1) is 0 Å². The van der Waals surface area contributed by atoms with Crippen LogP contribution in [0.25, 0.3) is 16.7 Å². The summed E-state index contributed by atoms with van der Waals surface area (Å²) in [7, 11) is 0. The fourth-order valence-corrected chi connectivity index (χ4v) is 3.00. The van der Waals surface area contributed by atoms with Gasteiger partial charge in [-0.2, -0.15) is 0 Å². The Labute approximate surface area is 136 Å². The van der Waals surface area contributed by atoms with E-state index in [1.807, 2.05) is 13.8 Å². The molecule has 0 unspecified atom stereocenters. The van der Waals surface area contributed by atoms with Crippen molar-refractivity contribution in [3.05, 3.63) is 53.1 Å². The molecule has 0 atom stereocenters. The molecule has 0 aliphatic rings. The average Bonchev–Trinajstić information content (AvgIpc) is 2.88. The molecule has 0 aliphatic carbocycles. The summed E-state index contributed by atoms with van der Waals surface area (Å²) >= 11 is 0. The van der Waals surface area contributed by atoms with E-state index in [2.05, 4.69) is 53.7 Å². The summed E-state index contributed by atoms with van der Waals surface area (Å²) in [5.74, 6) is 1.37. The minimum absolute atomic E-state index is 0.175. The molecule has 0 radical (unpaired) electrons. The summed E-state index contributed by atoms with van der Waals surface area (Å²) in [6.45, 7) is 8.53. The molecule has 0 saturated carbocycles. The van der Waals surface area contributed by atoms with Crippen molar-refractivity contribution in [3.63, 3.8) is 0 Å². The fraction of sp³-hybridized carbons (Fsp3) is 0.368. The third-order valence-electron chi connectivity index (χ3n) is 4.08. The molecule has 1 aromatic carbocycles. The van der Waals surface area contributed by atoms with Gasteiger partial charge in [0.15, 0.2) is 0 Å². The van der Waals surface area contributed by atoms with Gasteiger partial charge in [0, 0.05) is 23.9 Å². The van der Waals surface area contributed by atoms with E-state index in [9.17, 15) is 0 Å². The molecule has 0 fully saturated rings. The monoisotopic (exact) mass is 309 g/mol.